The molecular formula is C15H19Cl2N5OS. The summed E-state index contributed by atoms with van der Waals surface area (Å²) in [4.78, 5) is 20.8. The number of rotatable bonds is 6. The quantitative estimate of drug-likeness (QED) is 0.677. The van der Waals surface area contributed by atoms with E-state index in [-0.39, 0.29) is 30.7 Å². The van der Waals surface area contributed by atoms with Gasteiger partial charge in [0.25, 0.3) is 5.91 Å². The van der Waals surface area contributed by atoms with Crippen LogP contribution in [0.2, 0.25) is 0 Å². The lowest BCUT2D eigenvalue weighted by Crippen LogP contribution is -2.26. The monoisotopic (exact) mass is 387 g/mol. The molecule has 9 heteroatoms. The normalized spacial score (nSPS) is 10.0. The van der Waals surface area contributed by atoms with Crippen LogP contribution in [-0.4, -0.2) is 33.4 Å². The Kier molecular flexibility index (Phi) is 8.14. The minimum absolute atomic E-state index is 0. The molecule has 3 heterocycles. The van der Waals surface area contributed by atoms with E-state index in [1.807, 2.05) is 35.0 Å². The highest BCUT2D eigenvalue weighted by Crippen LogP contribution is 2.10. The number of halogens is 2. The molecular weight excluding hydrogens is 369 g/mol. The molecule has 6 nitrogen and oxygen atoms in total. The van der Waals surface area contributed by atoms with Crippen LogP contribution >= 0.6 is 36.2 Å². The summed E-state index contributed by atoms with van der Waals surface area (Å²) in [5.41, 5.74) is 7.81. The SMILES string of the molecule is Cl.Cl.NCCc1nc(C(=O)NCCc2cn3ccccc3n2)cs1. The van der Waals surface area contributed by atoms with Crippen molar-refractivity contribution in [3.63, 3.8) is 0 Å². The zero-order chi connectivity index (χ0) is 15.4. The maximum Gasteiger partial charge on any atom is 0.270 e. The Morgan fingerprint density at radius 2 is 2.08 bits per heavy atom. The third-order valence-corrected chi connectivity index (χ3v) is 4.13. The third kappa shape index (κ3) is 4.91. The largest absolute Gasteiger partial charge is 0.350 e. The van der Waals surface area contributed by atoms with Crippen molar-refractivity contribution in [1.29, 1.82) is 0 Å². The van der Waals surface area contributed by atoms with Crippen LogP contribution in [0.3, 0.4) is 0 Å². The Labute approximate surface area is 156 Å². The fraction of sp³-hybridized carbons (Fsp3) is 0.267. The summed E-state index contributed by atoms with van der Waals surface area (Å²) < 4.78 is 1.97. The number of nitrogens with two attached hydrogens (primary N) is 1. The van der Waals surface area contributed by atoms with Gasteiger partial charge in [-0.2, -0.15) is 0 Å². The summed E-state index contributed by atoms with van der Waals surface area (Å²) in [5, 5.41) is 5.54. The van der Waals surface area contributed by atoms with Crippen molar-refractivity contribution in [3.05, 3.63) is 52.4 Å². The number of carbonyl (C=O) groups excluding carboxylic acids is 1. The van der Waals surface area contributed by atoms with E-state index in [0.717, 1.165) is 16.3 Å². The van der Waals surface area contributed by atoms with E-state index in [0.29, 0.717) is 31.6 Å². The number of hydrogen-bond acceptors (Lipinski definition) is 5. The van der Waals surface area contributed by atoms with Gasteiger partial charge < -0.3 is 15.5 Å². The fourth-order valence-corrected chi connectivity index (χ4v) is 2.95. The second kappa shape index (κ2) is 9.58. The fourth-order valence-electron chi connectivity index (χ4n) is 2.16. The minimum Gasteiger partial charge on any atom is -0.350 e. The first kappa shape index (κ1) is 20.4. The summed E-state index contributed by atoms with van der Waals surface area (Å²) in [5.74, 6) is -0.150. The number of pyridine rings is 1. The van der Waals surface area contributed by atoms with Gasteiger partial charge in [0.1, 0.15) is 11.3 Å². The van der Waals surface area contributed by atoms with Crippen LogP contribution in [0.25, 0.3) is 5.65 Å². The first-order chi connectivity index (χ1) is 10.8. The van der Waals surface area contributed by atoms with Crippen LogP contribution in [0.5, 0.6) is 0 Å². The van der Waals surface area contributed by atoms with E-state index < -0.39 is 0 Å². The second-order valence-corrected chi connectivity index (χ2v) is 5.81. The lowest BCUT2D eigenvalue weighted by Gasteiger charge is -2.00. The molecule has 0 spiro atoms. The molecule has 0 fully saturated rings. The zero-order valence-corrected chi connectivity index (χ0v) is 15.3. The molecule has 0 aromatic carbocycles. The molecule has 130 valence electrons. The molecule has 0 radical (unpaired) electrons. The van der Waals surface area contributed by atoms with Crippen molar-refractivity contribution in [2.24, 2.45) is 5.73 Å². The van der Waals surface area contributed by atoms with Crippen LogP contribution in [0.1, 0.15) is 21.2 Å². The summed E-state index contributed by atoms with van der Waals surface area (Å²) in [6.45, 7) is 1.08. The number of imidazole rings is 1. The van der Waals surface area contributed by atoms with E-state index in [1.54, 1.807) is 5.38 Å². The lowest BCUT2D eigenvalue weighted by molar-refractivity contribution is 0.0949. The Morgan fingerprint density at radius 1 is 1.25 bits per heavy atom. The van der Waals surface area contributed by atoms with Gasteiger partial charge in [-0.15, -0.1) is 36.2 Å². The van der Waals surface area contributed by atoms with Crippen molar-refractivity contribution in [2.45, 2.75) is 12.8 Å². The van der Waals surface area contributed by atoms with Crippen molar-refractivity contribution in [1.82, 2.24) is 19.7 Å². The molecule has 3 N–H and O–H groups in total. The average Bonchev–Trinajstić information content (AvgIpc) is 3.13. The summed E-state index contributed by atoms with van der Waals surface area (Å²) in [6, 6.07) is 5.87. The first-order valence-corrected chi connectivity index (χ1v) is 7.99. The number of aromatic nitrogens is 3. The smallest absolute Gasteiger partial charge is 0.270 e. The van der Waals surface area contributed by atoms with E-state index in [4.69, 9.17) is 5.73 Å². The van der Waals surface area contributed by atoms with Crippen molar-refractivity contribution >= 4 is 47.7 Å². The number of carbonyl (C=O) groups is 1. The summed E-state index contributed by atoms with van der Waals surface area (Å²) >= 11 is 1.47. The van der Waals surface area contributed by atoms with Gasteiger partial charge in [0.15, 0.2) is 0 Å². The van der Waals surface area contributed by atoms with Crippen LogP contribution in [0.15, 0.2) is 36.0 Å². The Morgan fingerprint density at radius 3 is 2.83 bits per heavy atom. The molecule has 0 unspecified atom stereocenters. The average molecular weight is 388 g/mol. The van der Waals surface area contributed by atoms with Gasteiger partial charge in [-0.05, 0) is 18.7 Å². The number of hydrogen-bond donors (Lipinski definition) is 2. The summed E-state index contributed by atoms with van der Waals surface area (Å²) in [7, 11) is 0. The lowest BCUT2D eigenvalue weighted by atomic mass is 10.3. The highest BCUT2D eigenvalue weighted by Gasteiger charge is 2.10. The maximum absolute atomic E-state index is 12.0. The number of amides is 1. The molecule has 0 aliphatic heterocycles. The Hall–Kier alpha value is -1.67. The molecule has 3 aromatic heterocycles. The Bertz CT molecular complexity index is 756. The number of nitrogens with zero attached hydrogens (tertiary/aromatic N) is 3. The minimum atomic E-state index is -0.150. The second-order valence-electron chi connectivity index (χ2n) is 4.87. The van der Waals surface area contributed by atoms with Crippen molar-refractivity contribution < 1.29 is 4.79 Å². The van der Waals surface area contributed by atoms with E-state index in [1.165, 1.54) is 11.3 Å². The number of thiazole rings is 1. The molecule has 3 aromatic rings. The maximum atomic E-state index is 12.0. The topological polar surface area (TPSA) is 85.3 Å². The highest BCUT2D eigenvalue weighted by molar-refractivity contribution is 7.09. The molecule has 0 bridgehead atoms. The van der Waals surface area contributed by atoms with Crippen LogP contribution in [0.4, 0.5) is 0 Å². The first-order valence-electron chi connectivity index (χ1n) is 7.11. The van der Waals surface area contributed by atoms with Gasteiger partial charge in [0.05, 0.1) is 10.7 Å². The third-order valence-electron chi connectivity index (χ3n) is 3.22. The molecule has 0 saturated heterocycles. The van der Waals surface area contributed by atoms with Gasteiger partial charge in [-0.25, -0.2) is 9.97 Å². The molecule has 1 amide bonds. The highest BCUT2D eigenvalue weighted by atomic mass is 35.5. The van der Waals surface area contributed by atoms with E-state index in [9.17, 15) is 4.79 Å². The Balaban J connectivity index is 0.00000144. The summed E-state index contributed by atoms with van der Waals surface area (Å²) in [6.07, 6.45) is 5.33. The molecule has 24 heavy (non-hydrogen) atoms. The van der Waals surface area contributed by atoms with Gasteiger partial charge in [0, 0.05) is 37.2 Å². The molecule has 0 saturated carbocycles. The number of fused-ring (bicyclic) bond motifs is 1. The predicted molar refractivity (Wildman–Crippen MR) is 101 cm³/mol. The zero-order valence-electron chi connectivity index (χ0n) is 12.8. The van der Waals surface area contributed by atoms with Crippen molar-refractivity contribution in [2.75, 3.05) is 13.1 Å². The molecule has 0 aliphatic rings. The van der Waals surface area contributed by atoms with Gasteiger partial charge >= 0.3 is 0 Å². The van der Waals surface area contributed by atoms with Gasteiger partial charge in [-0.3, -0.25) is 4.79 Å². The number of nitrogens with one attached hydrogen (secondary N) is 1. The van der Waals surface area contributed by atoms with Crippen LogP contribution in [-0.2, 0) is 12.8 Å². The standard InChI is InChI=1S/C15H17N5OS.2ClH/c16-6-4-14-19-12(10-22-14)15(21)17-7-5-11-9-20-8-2-1-3-13(20)18-11;;/h1-3,8-10H,4-7,16H2,(H,17,21);2*1H. The van der Waals surface area contributed by atoms with E-state index in [2.05, 4.69) is 15.3 Å². The van der Waals surface area contributed by atoms with Crippen molar-refractivity contribution in [3.8, 4) is 0 Å². The molecule has 0 atom stereocenters. The van der Waals surface area contributed by atoms with Gasteiger partial charge in [-0.1, -0.05) is 6.07 Å². The molecule has 3 rings (SSSR count). The van der Waals surface area contributed by atoms with E-state index >= 15 is 0 Å². The van der Waals surface area contributed by atoms with Gasteiger partial charge in [0.2, 0.25) is 0 Å². The molecule has 0 aliphatic carbocycles. The van der Waals surface area contributed by atoms with Crippen LogP contribution < -0.4 is 11.1 Å². The predicted octanol–water partition coefficient (Wildman–Crippen LogP) is 2.11. The van der Waals surface area contributed by atoms with Crippen LogP contribution in [0, 0.1) is 0 Å².